The van der Waals surface area contributed by atoms with Crippen LogP contribution in [-0.4, -0.2) is 55.8 Å². The Bertz CT molecular complexity index is 504. The number of carbonyl (C=O) groups excluding carboxylic acids is 1. The van der Waals surface area contributed by atoms with Gasteiger partial charge in [-0.25, -0.2) is 0 Å². The first-order valence-corrected chi connectivity index (χ1v) is 6.56. The monoisotopic (exact) mass is 295 g/mol. The summed E-state index contributed by atoms with van der Waals surface area (Å²) in [5.74, 6) is -0.655. The molecule has 0 spiro atoms. The fraction of sp³-hybridized carbons (Fsp3) is 0.467. The number of carboxylic acids is 1. The Morgan fingerprint density at radius 2 is 1.76 bits per heavy atom. The van der Waals surface area contributed by atoms with Gasteiger partial charge in [-0.15, -0.1) is 0 Å². The fourth-order valence-corrected chi connectivity index (χ4v) is 2.20. The summed E-state index contributed by atoms with van der Waals surface area (Å²) in [7, 11) is 3.08. The highest BCUT2D eigenvalue weighted by Crippen LogP contribution is 2.24. The molecule has 116 valence electrons. The van der Waals surface area contributed by atoms with E-state index in [9.17, 15) is 9.59 Å². The van der Waals surface area contributed by atoms with Gasteiger partial charge < -0.3 is 19.5 Å². The van der Waals surface area contributed by atoms with Crippen molar-refractivity contribution < 1.29 is 24.2 Å². The number of hydrogen-bond acceptors (Lipinski definition) is 4. The van der Waals surface area contributed by atoms with Crippen LogP contribution < -0.4 is 4.74 Å². The lowest BCUT2D eigenvalue weighted by Crippen LogP contribution is -2.38. The highest BCUT2D eigenvalue weighted by atomic mass is 16.5. The zero-order chi connectivity index (χ0) is 16.0. The Kier molecular flexibility index (Phi) is 6.17. The van der Waals surface area contributed by atoms with Crippen LogP contribution in [0.4, 0.5) is 0 Å². The van der Waals surface area contributed by atoms with Crippen LogP contribution in [0.15, 0.2) is 12.1 Å². The molecule has 0 atom stereocenters. The number of nitrogens with zero attached hydrogens (tertiary/aromatic N) is 1. The molecular weight excluding hydrogens is 274 g/mol. The molecule has 6 nitrogen and oxygen atoms in total. The number of carbonyl (C=O) groups is 2. The lowest BCUT2D eigenvalue weighted by Gasteiger charge is -2.21. The van der Waals surface area contributed by atoms with E-state index in [2.05, 4.69) is 0 Å². The van der Waals surface area contributed by atoms with E-state index >= 15 is 0 Å². The SMILES string of the molecule is COCCN(CC(=O)O)C(=O)c1cc(C)c(OC)c(C)c1. The zero-order valence-electron chi connectivity index (χ0n) is 12.8. The number of aryl methyl sites for hydroxylation is 2. The predicted molar refractivity (Wildman–Crippen MR) is 77.9 cm³/mol. The van der Waals surface area contributed by atoms with Crippen LogP contribution in [-0.2, 0) is 9.53 Å². The Hall–Kier alpha value is -2.08. The van der Waals surface area contributed by atoms with Gasteiger partial charge >= 0.3 is 5.97 Å². The van der Waals surface area contributed by atoms with Gasteiger partial charge in [-0.3, -0.25) is 9.59 Å². The van der Waals surface area contributed by atoms with E-state index in [0.29, 0.717) is 5.56 Å². The Morgan fingerprint density at radius 3 is 2.19 bits per heavy atom. The zero-order valence-corrected chi connectivity index (χ0v) is 12.8. The third-order valence-electron chi connectivity index (χ3n) is 3.09. The van der Waals surface area contributed by atoms with Crippen LogP contribution in [0.3, 0.4) is 0 Å². The predicted octanol–water partition coefficient (Wildman–Crippen LogP) is 1.49. The Morgan fingerprint density at radius 1 is 1.19 bits per heavy atom. The average molecular weight is 295 g/mol. The summed E-state index contributed by atoms with van der Waals surface area (Å²) in [4.78, 5) is 24.6. The highest BCUT2D eigenvalue weighted by Gasteiger charge is 2.20. The number of benzene rings is 1. The van der Waals surface area contributed by atoms with Crippen LogP contribution >= 0.6 is 0 Å². The molecule has 0 aromatic heterocycles. The molecule has 0 bridgehead atoms. The highest BCUT2D eigenvalue weighted by molar-refractivity contribution is 5.96. The Balaban J connectivity index is 3.05. The number of methoxy groups -OCH3 is 2. The number of amides is 1. The smallest absolute Gasteiger partial charge is 0.323 e. The van der Waals surface area contributed by atoms with Crippen molar-refractivity contribution in [3.63, 3.8) is 0 Å². The van der Waals surface area contributed by atoms with Gasteiger partial charge in [0.15, 0.2) is 0 Å². The molecule has 0 aliphatic carbocycles. The molecule has 0 radical (unpaired) electrons. The van der Waals surface area contributed by atoms with Gasteiger partial charge in [0.05, 0.1) is 13.7 Å². The summed E-state index contributed by atoms with van der Waals surface area (Å²) in [5.41, 5.74) is 2.12. The second kappa shape index (κ2) is 7.64. The summed E-state index contributed by atoms with van der Waals surface area (Å²) in [6, 6.07) is 3.41. The van der Waals surface area contributed by atoms with Gasteiger partial charge in [0.1, 0.15) is 12.3 Å². The molecule has 0 heterocycles. The van der Waals surface area contributed by atoms with Gasteiger partial charge in [-0.1, -0.05) is 0 Å². The van der Waals surface area contributed by atoms with Gasteiger partial charge in [-0.05, 0) is 37.1 Å². The third-order valence-corrected chi connectivity index (χ3v) is 3.09. The first kappa shape index (κ1) is 17.0. The average Bonchev–Trinajstić information content (AvgIpc) is 2.41. The molecule has 0 fully saturated rings. The second-order valence-corrected chi connectivity index (χ2v) is 4.76. The summed E-state index contributed by atoms with van der Waals surface area (Å²) >= 11 is 0. The number of aliphatic carboxylic acids is 1. The maximum absolute atomic E-state index is 12.5. The lowest BCUT2D eigenvalue weighted by molar-refractivity contribution is -0.137. The topological polar surface area (TPSA) is 76.1 Å². The van der Waals surface area contributed by atoms with Crippen molar-refractivity contribution in [2.24, 2.45) is 0 Å². The van der Waals surface area contributed by atoms with Crippen molar-refractivity contribution >= 4 is 11.9 Å². The van der Waals surface area contributed by atoms with Crippen LogP contribution in [0.5, 0.6) is 5.75 Å². The molecule has 0 saturated heterocycles. The van der Waals surface area contributed by atoms with E-state index in [-0.39, 0.29) is 25.6 Å². The molecule has 1 rings (SSSR count). The molecule has 0 aliphatic heterocycles. The first-order valence-electron chi connectivity index (χ1n) is 6.56. The van der Waals surface area contributed by atoms with Crippen molar-refractivity contribution in [3.8, 4) is 5.75 Å². The third kappa shape index (κ3) is 4.46. The van der Waals surface area contributed by atoms with Gasteiger partial charge in [0, 0.05) is 19.2 Å². The number of hydrogen-bond donors (Lipinski definition) is 1. The number of carboxylic acid groups (broad SMARTS) is 1. The minimum Gasteiger partial charge on any atom is -0.496 e. The van der Waals surface area contributed by atoms with E-state index < -0.39 is 5.97 Å². The van der Waals surface area contributed by atoms with Crippen molar-refractivity contribution in [2.75, 3.05) is 33.9 Å². The Labute approximate surface area is 124 Å². The summed E-state index contributed by atoms with van der Waals surface area (Å²) < 4.78 is 10.2. The maximum Gasteiger partial charge on any atom is 0.323 e. The number of ether oxygens (including phenoxy) is 2. The van der Waals surface area contributed by atoms with Gasteiger partial charge in [-0.2, -0.15) is 0 Å². The van der Waals surface area contributed by atoms with Gasteiger partial charge in [0.2, 0.25) is 0 Å². The molecule has 1 N–H and O–H groups in total. The summed E-state index contributed by atoms with van der Waals surface area (Å²) in [6.07, 6.45) is 0. The van der Waals surface area contributed by atoms with E-state index in [1.807, 2.05) is 13.8 Å². The van der Waals surface area contributed by atoms with Gasteiger partial charge in [0.25, 0.3) is 5.91 Å². The van der Waals surface area contributed by atoms with Crippen LogP contribution in [0.25, 0.3) is 0 Å². The maximum atomic E-state index is 12.5. The van der Waals surface area contributed by atoms with E-state index in [4.69, 9.17) is 14.6 Å². The van der Waals surface area contributed by atoms with Crippen molar-refractivity contribution in [1.29, 1.82) is 0 Å². The molecule has 1 aromatic rings. The standard InChI is InChI=1S/C15H21NO5/c1-10-7-12(8-11(2)14(10)21-4)15(19)16(5-6-20-3)9-13(17)18/h7-8H,5-6,9H2,1-4H3,(H,17,18). The normalized spacial score (nSPS) is 10.3. The molecule has 6 heteroatoms. The number of rotatable bonds is 7. The first-order chi connectivity index (χ1) is 9.90. The fourth-order valence-electron chi connectivity index (χ4n) is 2.20. The van der Waals surface area contributed by atoms with Crippen molar-refractivity contribution in [2.45, 2.75) is 13.8 Å². The lowest BCUT2D eigenvalue weighted by atomic mass is 10.0. The minimum absolute atomic E-state index is 0.228. The molecule has 0 aliphatic rings. The molecule has 0 saturated carbocycles. The van der Waals surface area contributed by atoms with Crippen LogP contribution in [0.2, 0.25) is 0 Å². The molecule has 1 amide bonds. The van der Waals surface area contributed by atoms with E-state index in [0.717, 1.165) is 16.9 Å². The van der Waals surface area contributed by atoms with Crippen LogP contribution in [0.1, 0.15) is 21.5 Å². The summed E-state index contributed by atoms with van der Waals surface area (Å²) in [6.45, 7) is 3.85. The van der Waals surface area contributed by atoms with Crippen molar-refractivity contribution in [3.05, 3.63) is 28.8 Å². The minimum atomic E-state index is -1.05. The van der Waals surface area contributed by atoms with Crippen LogP contribution in [0, 0.1) is 13.8 Å². The van der Waals surface area contributed by atoms with E-state index in [1.165, 1.54) is 12.0 Å². The molecule has 21 heavy (non-hydrogen) atoms. The molecule has 1 aromatic carbocycles. The largest absolute Gasteiger partial charge is 0.496 e. The second-order valence-electron chi connectivity index (χ2n) is 4.76. The molecule has 0 unspecified atom stereocenters. The van der Waals surface area contributed by atoms with Crippen molar-refractivity contribution in [1.82, 2.24) is 4.90 Å². The van der Waals surface area contributed by atoms with E-state index in [1.54, 1.807) is 19.2 Å². The molecular formula is C15H21NO5. The summed E-state index contributed by atoms with van der Waals surface area (Å²) in [5, 5.41) is 8.92. The quantitative estimate of drug-likeness (QED) is 0.824.